The molecule has 9 nitrogen and oxygen atoms in total. The highest BCUT2D eigenvalue weighted by Gasteiger charge is 2.21. The molecule has 2 rings (SSSR count). The lowest BCUT2D eigenvalue weighted by Gasteiger charge is -2.06. The molecule has 0 saturated heterocycles. The molecule has 1 aromatic heterocycles. The molecule has 106 valence electrons. The average Bonchev–Trinajstić information content (AvgIpc) is 2.89. The van der Waals surface area contributed by atoms with Gasteiger partial charge >= 0.3 is 5.69 Å². The van der Waals surface area contributed by atoms with E-state index in [1.165, 1.54) is 12.4 Å². The molecule has 0 bridgehead atoms. The van der Waals surface area contributed by atoms with Gasteiger partial charge in [0.1, 0.15) is 0 Å². The summed E-state index contributed by atoms with van der Waals surface area (Å²) in [5.41, 5.74) is -0.0574. The van der Waals surface area contributed by atoms with Crippen LogP contribution in [0, 0.1) is 10.1 Å². The number of aromatic nitrogens is 2. The van der Waals surface area contributed by atoms with Crippen LogP contribution in [-0.4, -0.2) is 28.6 Å². The summed E-state index contributed by atoms with van der Waals surface area (Å²) >= 11 is 0. The highest BCUT2D eigenvalue weighted by molar-refractivity contribution is 7.89. The summed E-state index contributed by atoms with van der Waals surface area (Å²) in [6.07, 6.45) is 2.96. The molecule has 0 atom stereocenters. The van der Waals surface area contributed by atoms with Crippen LogP contribution < -0.4 is 4.72 Å². The number of phenolic OH excluding ortho intramolecular Hbond substituents is 1. The fourth-order valence-electron chi connectivity index (χ4n) is 1.45. The summed E-state index contributed by atoms with van der Waals surface area (Å²) in [7, 11) is -3.92. The minimum Gasteiger partial charge on any atom is -0.502 e. The number of phenols is 1. The van der Waals surface area contributed by atoms with E-state index in [2.05, 4.69) is 14.9 Å². The van der Waals surface area contributed by atoms with E-state index in [0.29, 0.717) is 5.56 Å². The van der Waals surface area contributed by atoms with Crippen molar-refractivity contribution < 1.29 is 18.4 Å². The maximum absolute atomic E-state index is 12.0. The molecule has 1 heterocycles. The first-order chi connectivity index (χ1) is 9.40. The van der Waals surface area contributed by atoms with Gasteiger partial charge in [-0.3, -0.25) is 15.2 Å². The molecular weight excluding hydrogens is 288 g/mol. The van der Waals surface area contributed by atoms with E-state index in [0.717, 1.165) is 18.2 Å². The van der Waals surface area contributed by atoms with Crippen LogP contribution in [0.3, 0.4) is 0 Å². The van der Waals surface area contributed by atoms with Crippen LogP contribution in [-0.2, 0) is 16.6 Å². The van der Waals surface area contributed by atoms with Crippen molar-refractivity contribution in [3.05, 3.63) is 46.3 Å². The van der Waals surface area contributed by atoms with Gasteiger partial charge < -0.3 is 5.11 Å². The molecule has 2 aromatic rings. The van der Waals surface area contributed by atoms with E-state index in [1.807, 2.05) is 0 Å². The Bertz CT molecular complexity index is 726. The standard InChI is InChI=1S/C10H10N4O5S/c15-10-2-1-8(3-9(10)14(16)17)20(18,19)13-6-7-4-11-12-5-7/h1-5,13,15H,6H2,(H,11,12). The number of nitro benzene ring substituents is 1. The molecule has 0 aliphatic rings. The minimum absolute atomic E-state index is 0.00644. The molecule has 0 fully saturated rings. The summed E-state index contributed by atoms with van der Waals surface area (Å²) in [5.74, 6) is -0.594. The maximum atomic E-state index is 12.0. The normalized spacial score (nSPS) is 11.4. The molecule has 0 aliphatic carbocycles. The van der Waals surface area contributed by atoms with E-state index in [4.69, 9.17) is 0 Å². The Balaban J connectivity index is 2.25. The van der Waals surface area contributed by atoms with Crippen molar-refractivity contribution in [3.63, 3.8) is 0 Å². The SMILES string of the molecule is O=[N+]([O-])c1cc(S(=O)(=O)NCc2cn[nH]c2)ccc1O. The van der Waals surface area contributed by atoms with Crippen molar-refractivity contribution in [1.29, 1.82) is 0 Å². The second kappa shape index (κ2) is 5.27. The lowest BCUT2D eigenvalue weighted by atomic mass is 10.3. The van der Waals surface area contributed by atoms with Gasteiger partial charge in [0.15, 0.2) is 5.75 Å². The van der Waals surface area contributed by atoms with Crippen molar-refractivity contribution in [3.8, 4) is 5.75 Å². The van der Waals surface area contributed by atoms with E-state index < -0.39 is 26.4 Å². The maximum Gasteiger partial charge on any atom is 0.312 e. The predicted octanol–water partition coefficient (Wildman–Crippen LogP) is 0.502. The lowest BCUT2D eigenvalue weighted by Crippen LogP contribution is -2.23. The average molecular weight is 298 g/mol. The summed E-state index contributed by atoms with van der Waals surface area (Å²) in [6.45, 7) is -0.00644. The quantitative estimate of drug-likeness (QED) is 0.542. The zero-order valence-corrected chi connectivity index (χ0v) is 10.8. The first kappa shape index (κ1) is 14.0. The zero-order chi connectivity index (χ0) is 14.8. The topological polar surface area (TPSA) is 138 Å². The number of hydrogen-bond donors (Lipinski definition) is 3. The molecule has 10 heteroatoms. The van der Waals surface area contributed by atoms with Crippen molar-refractivity contribution in [2.75, 3.05) is 0 Å². The van der Waals surface area contributed by atoms with Crippen LogP contribution in [0.25, 0.3) is 0 Å². The van der Waals surface area contributed by atoms with Gasteiger partial charge in [0.05, 0.1) is 16.0 Å². The first-order valence-corrected chi connectivity index (χ1v) is 6.83. The molecular formula is C10H10N4O5S. The van der Waals surface area contributed by atoms with Gasteiger partial charge in [-0.25, -0.2) is 13.1 Å². The molecule has 3 N–H and O–H groups in total. The van der Waals surface area contributed by atoms with E-state index in [1.54, 1.807) is 0 Å². The molecule has 0 unspecified atom stereocenters. The smallest absolute Gasteiger partial charge is 0.312 e. The minimum atomic E-state index is -3.92. The van der Waals surface area contributed by atoms with Crippen LogP contribution in [0.2, 0.25) is 0 Å². The monoisotopic (exact) mass is 298 g/mol. The van der Waals surface area contributed by atoms with Crippen LogP contribution in [0.5, 0.6) is 5.75 Å². The van der Waals surface area contributed by atoms with Crippen molar-refractivity contribution in [1.82, 2.24) is 14.9 Å². The third kappa shape index (κ3) is 2.92. The van der Waals surface area contributed by atoms with Gasteiger partial charge in [-0.1, -0.05) is 0 Å². The highest BCUT2D eigenvalue weighted by atomic mass is 32.2. The van der Waals surface area contributed by atoms with E-state index in [-0.39, 0.29) is 11.4 Å². The number of aromatic amines is 1. The Morgan fingerprint density at radius 2 is 2.20 bits per heavy atom. The molecule has 20 heavy (non-hydrogen) atoms. The Morgan fingerprint density at radius 3 is 2.80 bits per heavy atom. The lowest BCUT2D eigenvalue weighted by molar-refractivity contribution is -0.386. The fourth-order valence-corrected chi connectivity index (χ4v) is 2.49. The molecule has 0 radical (unpaired) electrons. The summed E-state index contributed by atoms with van der Waals surface area (Å²) < 4.78 is 26.2. The number of nitro groups is 1. The molecule has 0 saturated carbocycles. The first-order valence-electron chi connectivity index (χ1n) is 5.35. The Labute approximate surface area is 113 Å². The summed E-state index contributed by atoms with van der Waals surface area (Å²) in [6, 6.07) is 2.84. The van der Waals surface area contributed by atoms with Gasteiger partial charge in [0, 0.05) is 24.4 Å². The third-order valence-corrected chi connectivity index (χ3v) is 3.87. The fraction of sp³-hybridized carbons (Fsp3) is 0.100. The number of aromatic hydroxyl groups is 1. The third-order valence-electron chi connectivity index (χ3n) is 2.48. The van der Waals surface area contributed by atoms with Gasteiger partial charge in [0.25, 0.3) is 0 Å². The van der Waals surface area contributed by atoms with Gasteiger partial charge in [-0.05, 0) is 12.1 Å². The number of benzene rings is 1. The summed E-state index contributed by atoms with van der Waals surface area (Å²) in [5, 5.41) is 26.1. The number of sulfonamides is 1. The van der Waals surface area contributed by atoms with Crippen LogP contribution in [0.15, 0.2) is 35.5 Å². The van der Waals surface area contributed by atoms with Crippen molar-refractivity contribution >= 4 is 15.7 Å². The van der Waals surface area contributed by atoms with Crippen molar-refractivity contribution in [2.45, 2.75) is 11.4 Å². The van der Waals surface area contributed by atoms with Crippen LogP contribution in [0.1, 0.15) is 5.56 Å². The largest absolute Gasteiger partial charge is 0.502 e. The number of H-pyrrole nitrogens is 1. The van der Waals surface area contributed by atoms with E-state index in [9.17, 15) is 23.6 Å². The Morgan fingerprint density at radius 1 is 1.45 bits per heavy atom. The van der Waals surface area contributed by atoms with Crippen molar-refractivity contribution in [2.24, 2.45) is 0 Å². The Kier molecular flexibility index (Phi) is 3.68. The number of nitrogens with zero attached hydrogens (tertiary/aromatic N) is 2. The zero-order valence-electron chi connectivity index (χ0n) is 9.98. The van der Waals surface area contributed by atoms with E-state index >= 15 is 0 Å². The second-order valence-corrected chi connectivity index (χ2v) is 5.61. The number of nitrogens with one attached hydrogen (secondary N) is 2. The molecule has 0 amide bonds. The number of rotatable bonds is 5. The van der Waals surface area contributed by atoms with Gasteiger partial charge in [0.2, 0.25) is 10.0 Å². The second-order valence-electron chi connectivity index (χ2n) is 3.84. The summed E-state index contributed by atoms with van der Waals surface area (Å²) in [4.78, 5) is 9.51. The molecule has 1 aromatic carbocycles. The number of hydrogen-bond acceptors (Lipinski definition) is 6. The van der Waals surface area contributed by atoms with Gasteiger partial charge in [-0.15, -0.1) is 0 Å². The van der Waals surface area contributed by atoms with Gasteiger partial charge in [-0.2, -0.15) is 5.10 Å². The highest BCUT2D eigenvalue weighted by Crippen LogP contribution is 2.28. The predicted molar refractivity (Wildman–Crippen MR) is 67.4 cm³/mol. The molecule has 0 spiro atoms. The van der Waals surface area contributed by atoms with Crippen LogP contribution in [0.4, 0.5) is 5.69 Å². The van der Waals surface area contributed by atoms with Crippen LogP contribution >= 0.6 is 0 Å². The molecule has 0 aliphatic heterocycles. The Hall–Kier alpha value is -2.46.